The van der Waals surface area contributed by atoms with E-state index in [1.165, 1.54) is 6.07 Å². The van der Waals surface area contributed by atoms with Crippen molar-refractivity contribution in [2.75, 3.05) is 57.4 Å². The summed E-state index contributed by atoms with van der Waals surface area (Å²) in [4.78, 5) is 13.6. The van der Waals surface area contributed by atoms with Crippen LogP contribution in [-0.4, -0.2) is 84.6 Å². The molecule has 0 spiro atoms. The molecule has 1 aromatic heterocycles. The number of phenols is 1. The molecule has 5 fully saturated rings. The van der Waals surface area contributed by atoms with Crippen molar-refractivity contribution >= 4 is 27.5 Å². The fourth-order valence-corrected chi connectivity index (χ4v) is 8.81. The number of ether oxygens (including phenoxy) is 2. The Morgan fingerprint density at radius 1 is 1.04 bits per heavy atom. The van der Waals surface area contributed by atoms with Gasteiger partial charge in [-0.3, -0.25) is 0 Å². The van der Waals surface area contributed by atoms with Crippen LogP contribution in [0.4, 0.5) is 23.4 Å². The minimum absolute atomic E-state index is 0.0409. The SMILES string of the molecule is C#Cc1cccc2cc(O)cc(-c3c(C(F)(F)F)cc4c(N5CC6CCC(C5)N6)nc(OCC5(CN6CC7COCC7C6)CC5)nc4c3F)c12. The fourth-order valence-electron chi connectivity index (χ4n) is 8.81. The molecule has 1 saturated carbocycles. The molecule has 5 heterocycles. The predicted octanol–water partition coefficient (Wildman–Crippen LogP) is 5.97. The van der Waals surface area contributed by atoms with Crippen molar-refractivity contribution in [3.8, 4) is 35.2 Å². The van der Waals surface area contributed by atoms with Gasteiger partial charge < -0.3 is 29.7 Å². The third kappa shape index (κ3) is 5.50. The van der Waals surface area contributed by atoms with Gasteiger partial charge in [-0.05, 0) is 60.9 Å². The van der Waals surface area contributed by atoms with E-state index in [9.17, 15) is 5.11 Å². The lowest BCUT2D eigenvalue weighted by Crippen LogP contribution is -2.51. The molecule has 4 aliphatic heterocycles. The van der Waals surface area contributed by atoms with Crippen molar-refractivity contribution in [2.45, 2.75) is 43.9 Å². The van der Waals surface area contributed by atoms with Crippen molar-refractivity contribution in [1.82, 2.24) is 20.2 Å². The highest BCUT2D eigenvalue weighted by molar-refractivity contribution is 6.05. The van der Waals surface area contributed by atoms with E-state index < -0.39 is 23.1 Å². The molecular formula is C38H37F4N5O3. The van der Waals surface area contributed by atoms with Crippen molar-refractivity contribution in [2.24, 2.45) is 17.3 Å². The molecule has 50 heavy (non-hydrogen) atoms. The topological polar surface area (TPSA) is 83.0 Å². The molecule has 1 aliphatic carbocycles. The van der Waals surface area contributed by atoms with Crippen LogP contribution in [0.25, 0.3) is 32.8 Å². The van der Waals surface area contributed by atoms with Gasteiger partial charge in [0.15, 0.2) is 5.82 Å². The average molecular weight is 688 g/mol. The number of benzene rings is 3. The summed E-state index contributed by atoms with van der Waals surface area (Å²) in [6, 6.07) is 8.54. The van der Waals surface area contributed by atoms with Crippen molar-refractivity contribution < 1.29 is 32.1 Å². The van der Waals surface area contributed by atoms with Gasteiger partial charge in [-0.25, -0.2) is 4.39 Å². The zero-order valence-electron chi connectivity index (χ0n) is 27.4. The number of piperazine rings is 1. The predicted molar refractivity (Wildman–Crippen MR) is 181 cm³/mol. The summed E-state index contributed by atoms with van der Waals surface area (Å²) in [5.41, 5.74) is -2.17. The van der Waals surface area contributed by atoms with E-state index >= 15 is 17.6 Å². The molecule has 4 saturated heterocycles. The number of alkyl halides is 3. The highest BCUT2D eigenvalue weighted by Crippen LogP contribution is 2.49. The molecular weight excluding hydrogens is 650 g/mol. The van der Waals surface area contributed by atoms with Crippen LogP contribution in [0.15, 0.2) is 36.4 Å². The second-order valence-electron chi connectivity index (χ2n) is 15.0. The third-order valence-electron chi connectivity index (χ3n) is 11.4. The maximum atomic E-state index is 17.2. The number of nitrogens with one attached hydrogen (secondary N) is 1. The first-order valence-corrected chi connectivity index (χ1v) is 17.4. The van der Waals surface area contributed by atoms with Gasteiger partial charge in [-0.2, -0.15) is 23.1 Å². The van der Waals surface area contributed by atoms with Crippen LogP contribution < -0.4 is 15.0 Å². The van der Waals surface area contributed by atoms with Crippen molar-refractivity contribution in [3.63, 3.8) is 0 Å². The van der Waals surface area contributed by atoms with E-state index in [0.717, 1.165) is 70.7 Å². The number of anilines is 1. The highest BCUT2D eigenvalue weighted by atomic mass is 19.4. The average Bonchev–Trinajstić information content (AvgIpc) is 3.33. The van der Waals surface area contributed by atoms with E-state index in [1.54, 1.807) is 18.2 Å². The van der Waals surface area contributed by atoms with Gasteiger partial charge in [0.1, 0.15) is 17.1 Å². The van der Waals surface area contributed by atoms with Crippen LogP contribution in [-0.2, 0) is 10.9 Å². The third-order valence-corrected chi connectivity index (χ3v) is 11.4. The molecule has 9 rings (SSSR count). The molecule has 12 heteroatoms. The summed E-state index contributed by atoms with van der Waals surface area (Å²) in [6.07, 6.45) is 4.64. The maximum Gasteiger partial charge on any atom is 0.417 e. The van der Waals surface area contributed by atoms with Gasteiger partial charge in [0.25, 0.3) is 0 Å². The molecule has 8 nitrogen and oxygen atoms in total. The van der Waals surface area contributed by atoms with E-state index in [2.05, 4.69) is 21.1 Å². The van der Waals surface area contributed by atoms with E-state index in [-0.39, 0.29) is 62.5 Å². The normalized spacial score (nSPS) is 25.7. The Bertz CT molecular complexity index is 2040. The molecule has 3 aromatic carbocycles. The molecule has 4 unspecified atom stereocenters. The highest BCUT2D eigenvalue weighted by Gasteiger charge is 2.48. The molecule has 2 bridgehead atoms. The molecule has 4 atom stereocenters. The smallest absolute Gasteiger partial charge is 0.417 e. The summed E-state index contributed by atoms with van der Waals surface area (Å²) in [6.45, 7) is 5.82. The summed E-state index contributed by atoms with van der Waals surface area (Å²) in [5.74, 6) is 2.37. The number of hydrogen-bond acceptors (Lipinski definition) is 8. The summed E-state index contributed by atoms with van der Waals surface area (Å²) in [7, 11) is 0. The lowest BCUT2D eigenvalue weighted by atomic mass is 9.90. The number of likely N-dealkylation sites (tertiary alicyclic amines) is 1. The van der Waals surface area contributed by atoms with Crippen molar-refractivity contribution in [3.05, 3.63) is 53.3 Å². The first-order valence-electron chi connectivity index (χ1n) is 17.4. The fraction of sp³-hybridized carbons (Fsp3) is 0.474. The van der Waals surface area contributed by atoms with Crippen molar-refractivity contribution in [1.29, 1.82) is 0 Å². The first-order chi connectivity index (χ1) is 24.1. The van der Waals surface area contributed by atoms with E-state index in [1.807, 2.05) is 4.90 Å². The monoisotopic (exact) mass is 687 g/mol. The zero-order chi connectivity index (χ0) is 34.4. The minimum Gasteiger partial charge on any atom is -0.508 e. The molecule has 4 aromatic rings. The Morgan fingerprint density at radius 2 is 1.78 bits per heavy atom. The number of phenolic OH excluding ortho intramolecular Hbond substituents is 1. The molecule has 260 valence electrons. The van der Waals surface area contributed by atoms with Gasteiger partial charge in [0.05, 0.1) is 25.4 Å². The molecule has 2 N–H and O–H groups in total. The maximum absolute atomic E-state index is 17.2. The van der Waals surface area contributed by atoms with E-state index in [0.29, 0.717) is 36.9 Å². The Labute approximate surface area is 286 Å². The number of terminal acetylenes is 1. The Hall–Kier alpha value is -4.18. The molecule has 5 aliphatic rings. The lowest BCUT2D eigenvalue weighted by molar-refractivity contribution is -0.137. The van der Waals surface area contributed by atoms with Gasteiger partial charge in [0.2, 0.25) is 0 Å². The van der Waals surface area contributed by atoms with Crippen LogP contribution in [0, 0.1) is 35.4 Å². The van der Waals surface area contributed by atoms with Gasteiger partial charge in [0, 0.05) is 84.0 Å². The number of aromatic nitrogens is 2. The number of halogens is 4. The lowest BCUT2D eigenvalue weighted by Gasteiger charge is -2.34. The van der Waals surface area contributed by atoms with Gasteiger partial charge in [-0.15, -0.1) is 6.42 Å². The summed E-state index contributed by atoms with van der Waals surface area (Å²) >= 11 is 0. The number of rotatable bonds is 7. The second-order valence-corrected chi connectivity index (χ2v) is 15.0. The standard InChI is InChI=1S/C38H37F4N5O3/c1-2-21-4-3-5-22-10-27(48)11-28(31(21)22)32-30(38(40,41)42)12-29-34(33(32)39)44-36(45-35(29)47-15-25-6-7-26(16-47)43-25)50-20-37(8-9-37)19-46-13-23-17-49-18-24(23)14-46/h1,3-5,10-12,23-26,43,48H,6-9,13-20H2. The molecule has 0 amide bonds. The van der Waals surface area contributed by atoms with Crippen LogP contribution >= 0.6 is 0 Å². The van der Waals surface area contributed by atoms with Gasteiger partial charge in [-0.1, -0.05) is 18.1 Å². The van der Waals surface area contributed by atoms with Crippen LogP contribution in [0.5, 0.6) is 11.8 Å². The summed E-state index contributed by atoms with van der Waals surface area (Å²) in [5, 5.41) is 14.7. The Morgan fingerprint density at radius 3 is 2.46 bits per heavy atom. The molecule has 0 radical (unpaired) electrons. The van der Waals surface area contributed by atoms with Crippen LogP contribution in [0.2, 0.25) is 0 Å². The number of nitrogens with zero attached hydrogens (tertiary/aromatic N) is 4. The second kappa shape index (κ2) is 11.7. The van der Waals surface area contributed by atoms with E-state index in [4.69, 9.17) is 20.9 Å². The largest absolute Gasteiger partial charge is 0.508 e. The number of fused-ring (bicyclic) bond motifs is 5. The Kier molecular flexibility index (Phi) is 7.43. The van der Waals surface area contributed by atoms with Crippen LogP contribution in [0.3, 0.4) is 0 Å². The first kappa shape index (κ1) is 31.8. The van der Waals surface area contributed by atoms with Crippen LogP contribution in [0.1, 0.15) is 36.8 Å². The minimum atomic E-state index is -4.96. The Balaban J connectivity index is 1.17. The number of aromatic hydroxyl groups is 1. The number of hydrogen-bond donors (Lipinski definition) is 2. The summed E-state index contributed by atoms with van der Waals surface area (Å²) < 4.78 is 74.3. The van der Waals surface area contributed by atoms with Gasteiger partial charge >= 0.3 is 12.2 Å². The zero-order valence-corrected chi connectivity index (χ0v) is 27.4. The quantitative estimate of drug-likeness (QED) is 0.182.